The molecular weight excluding hydrogens is 286 g/mol. The Hall–Kier alpha value is -2.43. The maximum atomic E-state index is 4.72. The molecule has 3 aromatic heterocycles. The van der Waals surface area contributed by atoms with E-state index in [9.17, 15) is 0 Å². The van der Waals surface area contributed by atoms with Crippen LogP contribution in [0.3, 0.4) is 0 Å². The molecule has 0 fully saturated rings. The van der Waals surface area contributed by atoms with Crippen molar-refractivity contribution in [2.45, 2.75) is 47.1 Å². The molecular formula is C18H23N5. The predicted octanol–water partition coefficient (Wildman–Crippen LogP) is 3.79. The number of fused-ring (bicyclic) bond motifs is 1. The van der Waals surface area contributed by atoms with Crippen LogP contribution in [0, 0.1) is 20.8 Å². The van der Waals surface area contributed by atoms with Crippen molar-refractivity contribution in [1.29, 1.82) is 0 Å². The molecule has 1 N–H and O–H groups in total. The minimum absolute atomic E-state index is 0.0938. The molecule has 23 heavy (non-hydrogen) atoms. The van der Waals surface area contributed by atoms with Crippen molar-refractivity contribution in [2.75, 3.05) is 5.32 Å². The van der Waals surface area contributed by atoms with Crippen LogP contribution >= 0.6 is 0 Å². The van der Waals surface area contributed by atoms with Crippen LogP contribution in [0.4, 0.5) is 5.82 Å². The van der Waals surface area contributed by atoms with Crippen molar-refractivity contribution in [3.63, 3.8) is 0 Å². The van der Waals surface area contributed by atoms with E-state index in [-0.39, 0.29) is 6.04 Å². The van der Waals surface area contributed by atoms with E-state index in [1.165, 1.54) is 5.56 Å². The van der Waals surface area contributed by atoms with Gasteiger partial charge in [-0.1, -0.05) is 13.0 Å². The van der Waals surface area contributed by atoms with Crippen molar-refractivity contribution in [2.24, 2.45) is 0 Å². The van der Waals surface area contributed by atoms with Crippen molar-refractivity contribution in [3.8, 4) is 0 Å². The molecule has 120 valence electrons. The number of aromatic nitrogens is 4. The van der Waals surface area contributed by atoms with Gasteiger partial charge in [0.1, 0.15) is 5.82 Å². The van der Waals surface area contributed by atoms with E-state index in [1.54, 1.807) is 0 Å². The van der Waals surface area contributed by atoms with E-state index < -0.39 is 0 Å². The first-order valence-electron chi connectivity index (χ1n) is 8.05. The molecule has 0 saturated carbocycles. The molecule has 3 heterocycles. The Morgan fingerprint density at radius 3 is 2.74 bits per heavy atom. The fourth-order valence-electron chi connectivity index (χ4n) is 2.80. The van der Waals surface area contributed by atoms with E-state index in [4.69, 9.17) is 4.98 Å². The summed E-state index contributed by atoms with van der Waals surface area (Å²) in [7, 11) is 0. The summed E-state index contributed by atoms with van der Waals surface area (Å²) in [5, 5.41) is 8.18. The summed E-state index contributed by atoms with van der Waals surface area (Å²) >= 11 is 0. The topological polar surface area (TPSA) is 55.1 Å². The molecule has 0 aliphatic carbocycles. The van der Waals surface area contributed by atoms with Gasteiger partial charge in [-0.2, -0.15) is 9.61 Å². The second kappa shape index (κ2) is 5.99. The Morgan fingerprint density at radius 1 is 1.26 bits per heavy atom. The standard InChI is InChI=1S/C18H23N5/c1-6-15-10-16(23-18(21-15)12(3)13(4)22-23)20-14(5)17-11(2)8-7-9-19-17/h7-10,14,20H,6H2,1-5H3/t14-/m0/s1. The van der Waals surface area contributed by atoms with Gasteiger partial charge in [0.05, 0.1) is 17.4 Å². The largest absolute Gasteiger partial charge is 0.362 e. The Morgan fingerprint density at radius 2 is 2.04 bits per heavy atom. The van der Waals surface area contributed by atoms with Gasteiger partial charge in [0.25, 0.3) is 0 Å². The quantitative estimate of drug-likeness (QED) is 0.797. The lowest BCUT2D eigenvalue weighted by atomic mass is 10.1. The molecule has 0 amide bonds. The van der Waals surface area contributed by atoms with Crippen LogP contribution in [-0.2, 0) is 6.42 Å². The first-order chi connectivity index (χ1) is 11.0. The van der Waals surface area contributed by atoms with Crippen molar-refractivity contribution < 1.29 is 0 Å². The molecule has 0 aliphatic rings. The number of nitrogens with one attached hydrogen (secondary N) is 1. The number of hydrogen-bond donors (Lipinski definition) is 1. The third-order valence-corrected chi connectivity index (χ3v) is 4.30. The van der Waals surface area contributed by atoms with Gasteiger partial charge >= 0.3 is 0 Å². The molecule has 3 rings (SSSR count). The van der Waals surface area contributed by atoms with Crippen LogP contribution in [0.1, 0.15) is 48.1 Å². The van der Waals surface area contributed by atoms with Gasteiger partial charge in [0.2, 0.25) is 0 Å². The van der Waals surface area contributed by atoms with E-state index in [1.807, 2.05) is 23.7 Å². The smallest absolute Gasteiger partial charge is 0.160 e. The van der Waals surface area contributed by atoms with E-state index in [0.29, 0.717) is 0 Å². The van der Waals surface area contributed by atoms with Gasteiger partial charge in [0, 0.05) is 23.5 Å². The number of nitrogens with zero attached hydrogens (tertiary/aromatic N) is 4. The molecule has 0 saturated heterocycles. The maximum Gasteiger partial charge on any atom is 0.160 e. The SMILES string of the molecule is CCc1cc(N[C@@H](C)c2ncccc2C)n2nc(C)c(C)c2n1. The van der Waals surface area contributed by atoms with E-state index >= 15 is 0 Å². The first kappa shape index (κ1) is 15.5. The fourth-order valence-corrected chi connectivity index (χ4v) is 2.80. The summed E-state index contributed by atoms with van der Waals surface area (Å²) in [6, 6.07) is 6.22. The summed E-state index contributed by atoms with van der Waals surface area (Å²) in [4.78, 5) is 9.23. The number of rotatable bonds is 4. The van der Waals surface area contributed by atoms with Crippen LogP contribution in [0.5, 0.6) is 0 Å². The average molecular weight is 309 g/mol. The predicted molar refractivity (Wildman–Crippen MR) is 92.9 cm³/mol. The van der Waals surface area contributed by atoms with Crippen LogP contribution < -0.4 is 5.32 Å². The molecule has 0 aliphatic heterocycles. The lowest BCUT2D eigenvalue weighted by Gasteiger charge is -2.18. The lowest BCUT2D eigenvalue weighted by Crippen LogP contribution is -2.14. The number of anilines is 1. The van der Waals surface area contributed by atoms with E-state index in [0.717, 1.165) is 40.5 Å². The highest BCUT2D eigenvalue weighted by atomic mass is 15.3. The number of pyridine rings is 1. The normalized spacial score (nSPS) is 12.6. The first-order valence-corrected chi connectivity index (χ1v) is 8.05. The van der Waals surface area contributed by atoms with Gasteiger partial charge in [0.15, 0.2) is 5.65 Å². The van der Waals surface area contributed by atoms with Crippen molar-refractivity contribution >= 4 is 11.5 Å². The molecule has 5 nitrogen and oxygen atoms in total. The maximum absolute atomic E-state index is 4.72. The number of aryl methyl sites for hydroxylation is 4. The highest BCUT2D eigenvalue weighted by Crippen LogP contribution is 2.23. The Kier molecular flexibility index (Phi) is 4.03. The van der Waals surface area contributed by atoms with Gasteiger partial charge in [-0.25, -0.2) is 4.98 Å². The van der Waals surface area contributed by atoms with Crippen LogP contribution in [0.2, 0.25) is 0 Å². The molecule has 0 unspecified atom stereocenters. The Labute approximate surface area is 136 Å². The molecule has 0 radical (unpaired) electrons. The van der Waals surface area contributed by atoms with Crippen LogP contribution in [0.25, 0.3) is 5.65 Å². The fraction of sp³-hybridized carbons (Fsp3) is 0.389. The van der Waals surface area contributed by atoms with Crippen LogP contribution in [-0.4, -0.2) is 19.6 Å². The molecule has 0 spiro atoms. The third-order valence-electron chi connectivity index (χ3n) is 4.30. The lowest BCUT2D eigenvalue weighted by molar-refractivity contribution is 0.796. The third kappa shape index (κ3) is 2.79. The van der Waals surface area contributed by atoms with Gasteiger partial charge in [-0.15, -0.1) is 0 Å². The second-order valence-corrected chi connectivity index (χ2v) is 6.00. The monoisotopic (exact) mass is 309 g/mol. The van der Waals surface area contributed by atoms with Crippen molar-refractivity contribution in [1.82, 2.24) is 19.6 Å². The highest BCUT2D eigenvalue weighted by molar-refractivity contribution is 5.56. The summed E-state index contributed by atoms with van der Waals surface area (Å²) in [6.07, 6.45) is 2.73. The summed E-state index contributed by atoms with van der Waals surface area (Å²) in [5.41, 5.74) is 6.36. The molecule has 5 heteroatoms. The highest BCUT2D eigenvalue weighted by Gasteiger charge is 2.15. The zero-order chi connectivity index (χ0) is 16.6. The Balaban J connectivity index is 2.05. The summed E-state index contributed by atoms with van der Waals surface area (Å²) in [5.74, 6) is 0.959. The van der Waals surface area contributed by atoms with Crippen molar-refractivity contribution in [3.05, 3.63) is 52.6 Å². The van der Waals surface area contributed by atoms with Gasteiger partial charge in [-0.3, -0.25) is 4.98 Å². The molecule has 3 aromatic rings. The molecule has 1 atom stereocenters. The van der Waals surface area contributed by atoms with Crippen LogP contribution in [0.15, 0.2) is 24.4 Å². The Bertz CT molecular complexity index is 850. The van der Waals surface area contributed by atoms with E-state index in [2.05, 4.69) is 55.2 Å². The zero-order valence-corrected chi connectivity index (χ0v) is 14.4. The zero-order valence-electron chi connectivity index (χ0n) is 14.4. The van der Waals surface area contributed by atoms with Gasteiger partial charge < -0.3 is 5.32 Å². The second-order valence-electron chi connectivity index (χ2n) is 6.00. The summed E-state index contributed by atoms with van der Waals surface area (Å²) in [6.45, 7) is 10.4. The molecule has 0 bridgehead atoms. The summed E-state index contributed by atoms with van der Waals surface area (Å²) < 4.78 is 1.90. The van der Waals surface area contributed by atoms with Gasteiger partial charge in [-0.05, 0) is 45.7 Å². The minimum atomic E-state index is 0.0938. The number of hydrogen-bond acceptors (Lipinski definition) is 4. The molecule has 0 aromatic carbocycles. The average Bonchev–Trinajstić information content (AvgIpc) is 2.83. The minimum Gasteiger partial charge on any atom is -0.362 e.